The number of anilines is 1. The summed E-state index contributed by atoms with van der Waals surface area (Å²) >= 11 is 0. The van der Waals surface area contributed by atoms with Crippen LogP contribution in [0, 0.1) is 0 Å². The van der Waals surface area contributed by atoms with Crippen molar-refractivity contribution in [2.24, 2.45) is 0 Å². The van der Waals surface area contributed by atoms with Gasteiger partial charge in [0.25, 0.3) is 0 Å². The van der Waals surface area contributed by atoms with Crippen LogP contribution in [0.5, 0.6) is 5.75 Å². The number of sulfonamides is 1. The fourth-order valence-electron chi connectivity index (χ4n) is 4.15. The molecule has 0 atom stereocenters. The highest BCUT2D eigenvalue weighted by atomic mass is 32.2. The number of piperazine rings is 1. The maximum atomic E-state index is 13.3. The SMILES string of the molecule is CC(=O)N1CC(C)(C)Oc2ccc(S(=O)(=O)N3CCN(Cc4ccccc4)CC3)cc21. The predicted octanol–water partition coefficient (Wildman–Crippen LogP) is 2.72. The number of carbonyl (C=O) groups is 1. The summed E-state index contributed by atoms with van der Waals surface area (Å²) in [5.41, 5.74) is 1.20. The van der Waals surface area contributed by atoms with Crippen LogP contribution in [0.15, 0.2) is 53.4 Å². The molecule has 2 heterocycles. The van der Waals surface area contributed by atoms with E-state index in [9.17, 15) is 13.2 Å². The van der Waals surface area contributed by atoms with Crippen molar-refractivity contribution in [3.8, 4) is 5.75 Å². The van der Waals surface area contributed by atoms with E-state index < -0.39 is 15.6 Å². The molecule has 166 valence electrons. The van der Waals surface area contributed by atoms with Gasteiger partial charge in [-0.25, -0.2) is 8.42 Å². The average Bonchev–Trinajstić information content (AvgIpc) is 2.73. The van der Waals surface area contributed by atoms with Gasteiger partial charge >= 0.3 is 0 Å². The fraction of sp³-hybridized carbons (Fsp3) is 0.435. The average molecular weight is 444 g/mol. The molecule has 0 aliphatic carbocycles. The lowest BCUT2D eigenvalue weighted by molar-refractivity contribution is -0.117. The van der Waals surface area contributed by atoms with Crippen LogP contribution in [0.4, 0.5) is 5.69 Å². The molecule has 1 saturated heterocycles. The molecule has 0 radical (unpaired) electrons. The van der Waals surface area contributed by atoms with E-state index in [2.05, 4.69) is 17.0 Å². The molecule has 0 saturated carbocycles. The minimum atomic E-state index is -3.66. The Morgan fingerprint density at radius 1 is 1.03 bits per heavy atom. The molecule has 2 aromatic rings. The quantitative estimate of drug-likeness (QED) is 0.727. The molecule has 0 spiro atoms. The maximum Gasteiger partial charge on any atom is 0.243 e. The molecule has 4 rings (SSSR count). The van der Waals surface area contributed by atoms with Crippen molar-refractivity contribution < 1.29 is 17.9 Å². The second-order valence-corrected chi connectivity index (χ2v) is 10.7. The molecular formula is C23H29N3O4S. The largest absolute Gasteiger partial charge is 0.484 e. The molecule has 2 aromatic carbocycles. The summed E-state index contributed by atoms with van der Waals surface area (Å²) in [6.07, 6.45) is 0. The zero-order chi connectivity index (χ0) is 22.2. The summed E-state index contributed by atoms with van der Waals surface area (Å²) in [6, 6.07) is 15.0. The summed E-state index contributed by atoms with van der Waals surface area (Å²) in [5, 5.41) is 0. The first-order valence-corrected chi connectivity index (χ1v) is 12.0. The Bertz CT molecular complexity index is 1060. The van der Waals surface area contributed by atoms with Gasteiger partial charge in [-0.3, -0.25) is 9.69 Å². The third kappa shape index (κ3) is 4.61. The standard InChI is InChI=1S/C23H29N3O4S/c1-18(27)26-17-23(2,3)30-22-10-9-20(15-21(22)26)31(28,29)25-13-11-24(12-14-25)16-19-7-5-4-6-8-19/h4-10,15H,11-14,16-17H2,1-3H3. The smallest absolute Gasteiger partial charge is 0.243 e. The Hall–Kier alpha value is -2.42. The van der Waals surface area contributed by atoms with Crippen LogP contribution in [-0.4, -0.2) is 61.9 Å². The van der Waals surface area contributed by atoms with Crippen LogP contribution in [0.1, 0.15) is 26.3 Å². The highest BCUT2D eigenvalue weighted by molar-refractivity contribution is 7.89. The van der Waals surface area contributed by atoms with Crippen LogP contribution >= 0.6 is 0 Å². The zero-order valence-electron chi connectivity index (χ0n) is 18.2. The molecule has 0 unspecified atom stereocenters. The lowest BCUT2D eigenvalue weighted by Gasteiger charge is -2.39. The Balaban J connectivity index is 1.51. The number of amides is 1. The second-order valence-electron chi connectivity index (χ2n) is 8.76. The van der Waals surface area contributed by atoms with Gasteiger partial charge in [-0.2, -0.15) is 4.31 Å². The van der Waals surface area contributed by atoms with Crippen molar-refractivity contribution in [1.29, 1.82) is 0 Å². The number of benzene rings is 2. The Morgan fingerprint density at radius 2 is 1.71 bits per heavy atom. The van der Waals surface area contributed by atoms with Gasteiger partial charge in [0.2, 0.25) is 15.9 Å². The number of rotatable bonds is 4. The van der Waals surface area contributed by atoms with Gasteiger partial charge in [-0.1, -0.05) is 30.3 Å². The highest BCUT2D eigenvalue weighted by Gasteiger charge is 2.36. The molecule has 2 aliphatic rings. The zero-order valence-corrected chi connectivity index (χ0v) is 19.1. The number of carbonyl (C=O) groups excluding carboxylic acids is 1. The van der Waals surface area contributed by atoms with Crippen molar-refractivity contribution in [2.75, 3.05) is 37.6 Å². The number of hydrogen-bond donors (Lipinski definition) is 0. The lowest BCUT2D eigenvalue weighted by atomic mass is 10.1. The van der Waals surface area contributed by atoms with Crippen molar-refractivity contribution in [1.82, 2.24) is 9.21 Å². The van der Waals surface area contributed by atoms with E-state index in [4.69, 9.17) is 4.74 Å². The number of ether oxygens (including phenoxy) is 1. The first-order chi connectivity index (χ1) is 14.7. The lowest BCUT2D eigenvalue weighted by Crippen LogP contribution is -2.49. The van der Waals surface area contributed by atoms with Crippen LogP contribution in [-0.2, 0) is 21.4 Å². The van der Waals surface area contributed by atoms with E-state index in [1.54, 1.807) is 23.1 Å². The molecular weight excluding hydrogens is 414 g/mol. The summed E-state index contributed by atoms with van der Waals surface area (Å²) in [4.78, 5) is 16.3. The number of fused-ring (bicyclic) bond motifs is 1. The van der Waals surface area contributed by atoms with Gasteiger partial charge in [-0.05, 0) is 37.6 Å². The van der Waals surface area contributed by atoms with Gasteiger partial charge in [0.1, 0.15) is 11.4 Å². The van der Waals surface area contributed by atoms with Gasteiger partial charge in [0, 0.05) is 39.6 Å². The van der Waals surface area contributed by atoms with E-state index in [1.165, 1.54) is 16.8 Å². The molecule has 31 heavy (non-hydrogen) atoms. The van der Waals surface area contributed by atoms with E-state index in [0.717, 1.165) is 6.54 Å². The van der Waals surface area contributed by atoms with Crippen LogP contribution in [0.2, 0.25) is 0 Å². The van der Waals surface area contributed by atoms with Crippen molar-refractivity contribution >= 4 is 21.6 Å². The van der Waals surface area contributed by atoms with Gasteiger partial charge in [0.15, 0.2) is 0 Å². The topological polar surface area (TPSA) is 70.2 Å². The second kappa shape index (κ2) is 8.26. The normalized spacial score (nSPS) is 19.5. The number of nitrogens with zero attached hydrogens (tertiary/aromatic N) is 3. The third-order valence-corrected chi connectivity index (χ3v) is 7.64. The predicted molar refractivity (Wildman–Crippen MR) is 120 cm³/mol. The first-order valence-electron chi connectivity index (χ1n) is 10.5. The summed E-state index contributed by atoms with van der Waals surface area (Å²) in [7, 11) is -3.66. The molecule has 1 amide bonds. The minimum Gasteiger partial charge on any atom is -0.484 e. The Morgan fingerprint density at radius 3 is 2.35 bits per heavy atom. The first kappa shape index (κ1) is 21.8. The monoisotopic (exact) mass is 443 g/mol. The highest BCUT2D eigenvalue weighted by Crippen LogP contribution is 2.39. The van der Waals surface area contributed by atoms with Crippen LogP contribution in [0.3, 0.4) is 0 Å². The van der Waals surface area contributed by atoms with Gasteiger partial charge in [0.05, 0.1) is 17.1 Å². The molecule has 0 N–H and O–H groups in total. The molecule has 1 fully saturated rings. The fourth-order valence-corrected chi connectivity index (χ4v) is 5.59. The molecule has 0 bridgehead atoms. The number of hydrogen-bond acceptors (Lipinski definition) is 5. The van der Waals surface area contributed by atoms with Crippen molar-refractivity contribution in [3.63, 3.8) is 0 Å². The Kier molecular flexibility index (Phi) is 5.81. The molecule has 0 aromatic heterocycles. The minimum absolute atomic E-state index is 0.137. The van der Waals surface area contributed by atoms with Gasteiger partial charge in [-0.15, -0.1) is 0 Å². The van der Waals surface area contributed by atoms with E-state index >= 15 is 0 Å². The Labute approximate surface area is 184 Å². The summed E-state index contributed by atoms with van der Waals surface area (Å²) in [6.45, 7) is 8.71. The molecule has 7 nitrogen and oxygen atoms in total. The van der Waals surface area contributed by atoms with Gasteiger partial charge < -0.3 is 9.64 Å². The third-order valence-electron chi connectivity index (χ3n) is 5.74. The maximum absolute atomic E-state index is 13.3. The van der Waals surface area contributed by atoms with Crippen molar-refractivity contribution in [2.45, 2.75) is 37.8 Å². The van der Waals surface area contributed by atoms with E-state index in [1.807, 2.05) is 32.0 Å². The summed E-state index contributed by atoms with van der Waals surface area (Å²) < 4.78 is 34.1. The van der Waals surface area contributed by atoms with Crippen LogP contribution in [0.25, 0.3) is 0 Å². The van der Waals surface area contributed by atoms with Crippen LogP contribution < -0.4 is 9.64 Å². The van der Waals surface area contributed by atoms with Crippen molar-refractivity contribution in [3.05, 3.63) is 54.1 Å². The van der Waals surface area contributed by atoms with E-state index in [0.29, 0.717) is 44.2 Å². The molecule has 8 heteroatoms. The van der Waals surface area contributed by atoms with E-state index in [-0.39, 0.29) is 10.8 Å². The molecule has 2 aliphatic heterocycles. The summed E-state index contributed by atoms with van der Waals surface area (Å²) in [5.74, 6) is 0.389.